The molecule has 0 bridgehead atoms. The summed E-state index contributed by atoms with van der Waals surface area (Å²) in [7, 11) is -10.9. The Bertz CT molecular complexity index is 3550. The topological polar surface area (TPSA) is 333 Å². The minimum atomic E-state index is -5.51. The first-order valence-electron chi connectivity index (χ1n) is 24.2. The van der Waals surface area contributed by atoms with E-state index in [1.54, 1.807) is 0 Å². The number of aliphatic hydroxyl groups excluding tert-OH is 1. The van der Waals surface area contributed by atoms with Gasteiger partial charge < -0.3 is 60.4 Å². The van der Waals surface area contributed by atoms with Crippen LogP contribution in [0.25, 0.3) is 27.9 Å². The molecule has 1 fully saturated rings. The molecule has 26 heteroatoms. The van der Waals surface area contributed by atoms with Crippen LogP contribution in [0.5, 0.6) is 11.5 Å². The molecule has 0 aliphatic carbocycles. The number of hydrogen-bond acceptors (Lipinski definition) is 16. The van der Waals surface area contributed by atoms with E-state index in [9.17, 15) is 38.6 Å². The minimum Gasteiger partial charge on any atom is -0.478 e. The number of likely N-dealkylation sites (N-methyl/N-ethyl adjacent to an activating group) is 2. The zero-order valence-electron chi connectivity index (χ0n) is 42.7. The number of allylic oxidation sites excluding steroid dienone is 2. The summed E-state index contributed by atoms with van der Waals surface area (Å²) >= 11 is 0. The third kappa shape index (κ3) is 10.1. The molecule has 24 nitrogen and oxygen atoms in total. The van der Waals surface area contributed by atoms with E-state index >= 15 is 0 Å². The van der Waals surface area contributed by atoms with Crippen LogP contribution in [-0.2, 0) is 27.4 Å². The van der Waals surface area contributed by atoms with Crippen molar-refractivity contribution in [3.8, 4) is 11.5 Å². The third-order valence-electron chi connectivity index (χ3n) is 13.8. The molecule has 2 aromatic heterocycles. The number of anilines is 2. The van der Waals surface area contributed by atoms with E-state index in [-0.39, 0.29) is 57.8 Å². The highest BCUT2D eigenvalue weighted by molar-refractivity contribution is 7.60. The Morgan fingerprint density at radius 3 is 2.32 bits per heavy atom. The summed E-state index contributed by atoms with van der Waals surface area (Å²) in [5.41, 5.74) is 12.0. The van der Waals surface area contributed by atoms with Crippen LogP contribution in [0.2, 0.25) is 0 Å². The number of nitrogens with one attached hydrogen (secondary N) is 2. The van der Waals surface area contributed by atoms with Crippen LogP contribution < -0.4 is 41.2 Å². The zero-order chi connectivity index (χ0) is 55.0. The lowest BCUT2D eigenvalue weighted by Crippen LogP contribution is -2.49. The predicted octanol–water partition coefficient (Wildman–Crippen LogP) is 4.20. The van der Waals surface area contributed by atoms with Crippen molar-refractivity contribution in [2.45, 2.75) is 91.0 Å². The minimum absolute atomic E-state index is 0.00330. The van der Waals surface area contributed by atoms with Crippen molar-refractivity contribution in [1.82, 2.24) is 34.7 Å². The molecule has 0 saturated carbocycles. The van der Waals surface area contributed by atoms with Crippen molar-refractivity contribution in [1.29, 1.82) is 0 Å². The highest BCUT2D eigenvalue weighted by Crippen LogP contribution is 2.58. The number of carbonyl (C=O) groups is 3. The number of aliphatic hydroxyl groups is 1. The van der Waals surface area contributed by atoms with Crippen molar-refractivity contribution in [3.05, 3.63) is 111 Å². The number of rotatable bonds is 15. The van der Waals surface area contributed by atoms with Crippen LogP contribution in [0.15, 0.2) is 67.3 Å². The van der Waals surface area contributed by atoms with Gasteiger partial charge in [0.1, 0.15) is 42.1 Å². The molecular weight excluding hydrogens is 1030 g/mol. The van der Waals surface area contributed by atoms with E-state index in [4.69, 9.17) is 34.3 Å². The molecule has 5 aromatic rings. The van der Waals surface area contributed by atoms with Gasteiger partial charge in [-0.3, -0.25) is 13.9 Å². The molecule has 402 valence electrons. The third-order valence-corrected chi connectivity index (χ3v) is 16.0. The van der Waals surface area contributed by atoms with Gasteiger partial charge in [-0.1, -0.05) is 6.08 Å². The highest BCUT2D eigenvalue weighted by Gasteiger charge is 2.49. The molecule has 6 heterocycles. The number of fused-ring (bicyclic) bond motifs is 5. The second-order valence-corrected chi connectivity index (χ2v) is 22.6. The van der Waals surface area contributed by atoms with Crippen molar-refractivity contribution in [3.63, 3.8) is 0 Å². The number of nitrogens with zero attached hydrogens (tertiary/aromatic N) is 6. The number of amides is 2. The van der Waals surface area contributed by atoms with Crippen LogP contribution in [-0.4, -0.2) is 125 Å². The fourth-order valence-electron chi connectivity index (χ4n) is 10.8. The Balaban J connectivity index is 0.998. The molecule has 1 saturated heterocycles. The second-order valence-electron chi connectivity index (χ2n) is 19.8. The largest absolute Gasteiger partial charge is 0.481 e. The summed E-state index contributed by atoms with van der Waals surface area (Å²) in [6.45, 7) is 16.9. The highest BCUT2D eigenvalue weighted by atomic mass is 31.3. The molecule has 0 radical (unpaired) electrons. The fourth-order valence-corrected chi connectivity index (χ4v) is 12.4. The molecule has 9 rings (SSSR count). The first-order chi connectivity index (χ1) is 35.7. The van der Waals surface area contributed by atoms with Crippen LogP contribution in [0, 0.1) is 0 Å². The van der Waals surface area contributed by atoms with Gasteiger partial charge in [0.05, 0.1) is 30.1 Å². The first-order valence-corrected chi connectivity index (χ1v) is 27.2. The van der Waals surface area contributed by atoms with Gasteiger partial charge in [-0.2, -0.15) is 4.31 Å². The van der Waals surface area contributed by atoms with E-state index in [2.05, 4.69) is 93.1 Å². The smallest absolute Gasteiger partial charge is 0.478 e. The summed E-state index contributed by atoms with van der Waals surface area (Å²) in [5, 5.41) is 29.0. The number of carboxylic acid groups (broad SMARTS) is 1. The van der Waals surface area contributed by atoms with Gasteiger partial charge in [0.15, 0.2) is 29.3 Å². The summed E-state index contributed by atoms with van der Waals surface area (Å²) in [6.07, 6.45) is -0.807. The lowest BCUT2D eigenvalue weighted by molar-refractivity contribution is -0.0508. The molecule has 2 amide bonds. The van der Waals surface area contributed by atoms with Crippen molar-refractivity contribution in [2.24, 2.45) is 0 Å². The van der Waals surface area contributed by atoms with Crippen LogP contribution >= 0.6 is 15.6 Å². The number of aromatic carboxylic acids is 1. The Morgan fingerprint density at radius 1 is 0.895 bits per heavy atom. The number of aromatic nitrogens is 4. The molecule has 4 aliphatic heterocycles. The number of benzene rings is 3. The normalized spacial score (nSPS) is 21.0. The SMILES string of the molecule is CCN1c2cc3c(cc2C(C)=CC1(C)C)C(c1cc(C(=O)NCCNC(=O)O[C@H]2[C@@H](O)[C@H](n4cnc5c(N)ncnc54)O[C@@H]2COP(=O)(O)OP(=O)(O)O)ccc1C(=O)O)=c1cc2c(cc1O3)=[N+](CC)C(C)(C)C=C2C. The Hall–Kier alpha value is -6.85. The fraction of sp³-hybridized carbons (Fsp3) is 0.380. The first kappa shape index (κ1) is 54.0. The van der Waals surface area contributed by atoms with E-state index in [0.29, 0.717) is 40.9 Å². The van der Waals surface area contributed by atoms with Gasteiger partial charge in [-0.05, 0) is 94.7 Å². The quantitative estimate of drug-likeness (QED) is 0.0406. The van der Waals surface area contributed by atoms with Gasteiger partial charge in [0, 0.05) is 78.3 Å². The lowest BCUT2D eigenvalue weighted by Gasteiger charge is -2.43. The van der Waals surface area contributed by atoms with Gasteiger partial charge >= 0.3 is 27.7 Å². The Morgan fingerprint density at radius 2 is 1.62 bits per heavy atom. The summed E-state index contributed by atoms with van der Waals surface area (Å²) in [4.78, 5) is 83.1. The van der Waals surface area contributed by atoms with Gasteiger partial charge in [0.25, 0.3) is 5.91 Å². The van der Waals surface area contributed by atoms with Crippen molar-refractivity contribution >= 4 is 73.0 Å². The average Bonchev–Trinajstić information content (AvgIpc) is 3.95. The molecule has 1 unspecified atom stereocenters. The zero-order valence-corrected chi connectivity index (χ0v) is 44.5. The van der Waals surface area contributed by atoms with E-state index < -0.39 is 64.8 Å². The number of hydrogen-bond donors (Lipinski definition) is 8. The number of imidazole rings is 1. The van der Waals surface area contributed by atoms with E-state index in [1.807, 2.05) is 38.1 Å². The van der Waals surface area contributed by atoms with E-state index in [1.165, 1.54) is 29.1 Å². The predicted molar refractivity (Wildman–Crippen MR) is 277 cm³/mol. The van der Waals surface area contributed by atoms with Gasteiger partial charge in [-0.15, -0.1) is 0 Å². The molecule has 76 heavy (non-hydrogen) atoms. The summed E-state index contributed by atoms with van der Waals surface area (Å²) in [5.74, 6) is -0.802. The molecule has 5 atom stereocenters. The maximum absolute atomic E-state index is 14.0. The number of alkyl carbamates (subject to hydrolysis) is 1. The van der Waals surface area contributed by atoms with Crippen molar-refractivity contribution < 1.29 is 71.5 Å². The summed E-state index contributed by atoms with van der Waals surface area (Å²) in [6, 6.07) is 12.4. The number of nitrogens with two attached hydrogens (primary N) is 1. The number of phosphoric ester groups is 1. The lowest BCUT2D eigenvalue weighted by atomic mass is 9.83. The monoisotopic (exact) mass is 1090 g/mol. The standard InChI is InChI=1S/C50H57N9O15P2/c1-9-58-34-18-36-32(16-29(34)25(3)20-49(58,5)6)39(33-17-30-26(4)21-50(7,8)59(10-2)35(30)19-37(33)71-36)31-15-27(11-12-28(31)47(62)63)45(61)52-13-14-53-48(64)73-42-38(22-70-76(68,69)74-75(65,66)67)72-46(41(42)60)57-24-56-40-43(51)54-23-55-44(40)57/h11-12,15-21,23-24,38,41-42,46,60H,9-10,13-14,22H2,1-8H3,(H7-,51,52,53,54,55,61,62,63,64,65,66,67,68,69)/p+1/t38-,41-,42-,46-/m1/s1. The molecule has 3 aromatic carbocycles. The van der Waals surface area contributed by atoms with Gasteiger partial charge in [0.2, 0.25) is 5.36 Å². The Labute approximate surface area is 435 Å². The average molecular weight is 1090 g/mol. The van der Waals surface area contributed by atoms with E-state index in [0.717, 1.165) is 39.6 Å². The number of ether oxygens (including phenoxy) is 3. The number of carbonyl (C=O) groups excluding carboxylic acids is 2. The maximum atomic E-state index is 14.0. The van der Waals surface area contributed by atoms with Gasteiger partial charge in [-0.25, -0.2) is 38.2 Å². The van der Waals surface area contributed by atoms with Crippen LogP contribution in [0.3, 0.4) is 0 Å². The molecular formula is C50H58N9O15P2+. The Kier molecular flexibility index (Phi) is 14.2. The number of carboxylic acids is 1. The summed E-state index contributed by atoms with van der Waals surface area (Å²) < 4.78 is 54.0. The molecule has 9 N–H and O–H groups in total. The van der Waals surface area contributed by atoms with Crippen LogP contribution in [0.4, 0.5) is 16.3 Å². The maximum Gasteiger partial charge on any atom is 0.481 e. The number of nitrogen functional groups attached to an aromatic ring is 1. The van der Waals surface area contributed by atoms with Crippen molar-refractivity contribution in [2.75, 3.05) is 43.4 Å². The number of phosphoric acid groups is 2. The second kappa shape index (κ2) is 19.9. The molecule has 4 aliphatic rings. The molecule has 0 spiro atoms. The van der Waals surface area contributed by atoms with Crippen LogP contribution in [0.1, 0.15) is 105 Å².